The molecule has 6 aromatic rings. The Balaban J connectivity index is 1.16. The van der Waals surface area contributed by atoms with Gasteiger partial charge in [0, 0.05) is 12.3 Å². The van der Waals surface area contributed by atoms with Crippen LogP contribution in [0.4, 0.5) is 4.79 Å². The van der Waals surface area contributed by atoms with Crippen molar-refractivity contribution >= 4 is 12.1 Å². The Bertz CT molecular complexity index is 2150. The van der Waals surface area contributed by atoms with Crippen LogP contribution in [0.5, 0.6) is 23.0 Å². The van der Waals surface area contributed by atoms with E-state index in [1.807, 2.05) is 48.5 Å². The van der Waals surface area contributed by atoms with Crippen LogP contribution < -0.4 is 18.9 Å². The fourth-order valence-corrected chi connectivity index (χ4v) is 7.10. The average molecular weight is 661 g/mol. The maximum absolute atomic E-state index is 13.2. The number of carbonyl (C=O) groups excluding carboxylic acids is 2. The van der Waals surface area contributed by atoms with Crippen LogP contribution in [0.15, 0.2) is 146 Å². The number of hydrogen-bond donors (Lipinski definition) is 0. The first-order valence-corrected chi connectivity index (χ1v) is 16.4. The fraction of sp³-hybridized carbons (Fsp3) is 0.136. The molecular weight excluding hydrogens is 624 g/mol. The smallest absolute Gasteiger partial charge is 0.497 e. The average Bonchev–Trinajstić information content (AvgIpc) is 3.43. The van der Waals surface area contributed by atoms with E-state index in [0.717, 1.165) is 50.3 Å². The highest BCUT2D eigenvalue weighted by Crippen LogP contribution is 2.56. The van der Waals surface area contributed by atoms with Crippen molar-refractivity contribution in [3.8, 4) is 34.1 Å². The maximum Gasteiger partial charge on any atom is 0.519 e. The summed E-state index contributed by atoms with van der Waals surface area (Å²) < 4.78 is 22.3. The molecule has 6 nitrogen and oxygen atoms in total. The van der Waals surface area contributed by atoms with Gasteiger partial charge in [-0.3, -0.25) is 4.79 Å². The van der Waals surface area contributed by atoms with Gasteiger partial charge in [0.05, 0.1) is 12.5 Å². The van der Waals surface area contributed by atoms with E-state index >= 15 is 0 Å². The van der Waals surface area contributed by atoms with Crippen molar-refractivity contribution in [2.45, 2.75) is 31.6 Å². The van der Waals surface area contributed by atoms with Gasteiger partial charge in [-0.15, -0.1) is 0 Å². The summed E-state index contributed by atoms with van der Waals surface area (Å²) in [5.41, 5.74) is 7.59. The lowest BCUT2D eigenvalue weighted by Crippen LogP contribution is -2.28. The Morgan fingerprint density at radius 1 is 0.520 bits per heavy atom. The van der Waals surface area contributed by atoms with Crippen LogP contribution in [-0.4, -0.2) is 19.2 Å². The summed E-state index contributed by atoms with van der Waals surface area (Å²) in [4.78, 5) is 24.5. The number of fused-ring (bicyclic) bond motifs is 3. The maximum atomic E-state index is 13.2. The first-order chi connectivity index (χ1) is 24.2. The highest BCUT2D eigenvalue weighted by Gasteiger charge is 2.46. The van der Waals surface area contributed by atoms with Crippen LogP contribution in [0, 0.1) is 0 Å². The molecule has 0 aromatic heterocycles. The normalized spacial score (nSPS) is 12.7. The molecule has 7 rings (SSSR count). The van der Waals surface area contributed by atoms with E-state index in [-0.39, 0.29) is 11.4 Å². The SMILES string of the molecule is COc1cccc(C2(c3cccc(OC(=O)Oc4ccc(C(C)(C)c5ccc(OC(C)=O)cc5)cc4)c3)c3ccccc3-c3ccccc32)c1. The molecule has 0 heterocycles. The molecule has 1 aliphatic carbocycles. The molecule has 0 aliphatic heterocycles. The van der Waals surface area contributed by atoms with Crippen molar-refractivity contribution in [3.05, 3.63) is 179 Å². The first kappa shape index (κ1) is 32.4. The van der Waals surface area contributed by atoms with Gasteiger partial charge in [-0.25, -0.2) is 4.79 Å². The second kappa shape index (κ2) is 13.1. The van der Waals surface area contributed by atoms with Crippen molar-refractivity contribution in [1.82, 2.24) is 0 Å². The summed E-state index contributed by atoms with van der Waals surface area (Å²) >= 11 is 0. The van der Waals surface area contributed by atoms with Crippen molar-refractivity contribution in [2.75, 3.05) is 7.11 Å². The second-order valence-electron chi connectivity index (χ2n) is 12.8. The van der Waals surface area contributed by atoms with E-state index < -0.39 is 11.6 Å². The zero-order valence-electron chi connectivity index (χ0n) is 28.3. The van der Waals surface area contributed by atoms with Crippen molar-refractivity contribution in [1.29, 1.82) is 0 Å². The van der Waals surface area contributed by atoms with Crippen LogP contribution in [0.25, 0.3) is 11.1 Å². The van der Waals surface area contributed by atoms with Gasteiger partial charge in [-0.2, -0.15) is 0 Å². The zero-order chi connectivity index (χ0) is 34.9. The molecule has 0 atom stereocenters. The van der Waals surface area contributed by atoms with Gasteiger partial charge in [-0.1, -0.05) is 111 Å². The fourth-order valence-electron chi connectivity index (χ4n) is 7.10. The monoisotopic (exact) mass is 660 g/mol. The number of hydrogen-bond acceptors (Lipinski definition) is 6. The topological polar surface area (TPSA) is 71.1 Å². The molecular formula is C44H36O6. The predicted molar refractivity (Wildman–Crippen MR) is 193 cm³/mol. The molecule has 0 saturated heterocycles. The lowest BCUT2D eigenvalue weighted by atomic mass is 9.67. The second-order valence-corrected chi connectivity index (χ2v) is 12.8. The summed E-state index contributed by atoms with van der Waals surface area (Å²) in [5, 5.41) is 0. The minimum absolute atomic E-state index is 0.357. The molecule has 0 amide bonds. The van der Waals surface area contributed by atoms with Crippen molar-refractivity contribution in [2.24, 2.45) is 0 Å². The summed E-state index contributed by atoms with van der Waals surface area (Å²) in [7, 11) is 1.67. The van der Waals surface area contributed by atoms with Crippen LogP contribution in [-0.2, 0) is 15.6 Å². The number of methoxy groups -OCH3 is 1. The van der Waals surface area contributed by atoms with E-state index in [2.05, 4.69) is 80.6 Å². The van der Waals surface area contributed by atoms with Crippen LogP contribution in [0.2, 0.25) is 0 Å². The molecule has 248 valence electrons. The van der Waals surface area contributed by atoms with E-state index in [9.17, 15) is 9.59 Å². The molecule has 1 aliphatic rings. The summed E-state index contributed by atoms with van der Waals surface area (Å²) in [6.45, 7) is 5.58. The molecule has 0 spiro atoms. The standard InChI is InChI=1S/C44H36O6/c1-29(45)48-34-23-19-30(20-24-34)43(2,3)31-21-25-35(26-22-31)49-42(46)50-37-14-10-12-33(28-37)44(32-11-9-13-36(27-32)47-4)40-17-7-5-15-38(40)39-16-6-8-18-41(39)44/h5-28H,1-4H3. The number of benzene rings is 6. The van der Waals surface area contributed by atoms with Crippen molar-refractivity contribution < 1.29 is 28.5 Å². The molecule has 0 unspecified atom stereocenters. The Morgan fingerprint density at radius 3 is 1.50 bits per heavy atom. The number of carbonyl (C=O) groups is 2. The first-order valence-electron chi connectivity index (χ1n) is 16.4. The summed E-state index contributed by atoms with van der Waals surface area (Å²) in [5.74, 6) is 1.62. The lowest BCUT2D eigenvalue weighted by molar-refractivity contribution is -0.131. The third kappa shape index (κ3) is 5.79. The van der Waals surface area contributed by atoms with Gasteiger partial charge < -0.3 is 18.9 Å². The van der Waals surface area contributed by atoms with Gasteiger partial charge in [-0.05, 0) is 93.0 Å². The molecule has 6 heteroatoms. The molecule has 6 aromatic carbocycles. The minimum atomic E-state index is -0.835. The van der Waals surface area contributed by atoms with Crippen LogP contribution in [0.1, 0.15) is 54.2 Å². The van der Waals surface area contributed by atoms with Gasteiger partial charge >= 0.3 is 12.1 Å². The van der Waals surface area contributed by atoms with Gasteiger partial charge in [0.1, 0.15) is 23.0 Å². The van der Waals surface area contributed by atoms with Crippen molar-refractivity contribution in [3.63, 3.8) is 0 Å². The molecule has 50 heavy (non-hydrogen) atoms. The zero-order valence-corrected chi connectivity index (χ0v) is 28.3. The third-order valence-electron chi connectivity index (χ3n) is 9.54. The molecule has 0 saturated carbocycles. The summed E-state index contributed by atoms with van der Waals surface area (Å²) in [6.07, 6.45) is -0.835. The highest BCUT2D eigenvalue weighted by molar-refractivity contribution is 5.86. The Labute approximate surface area is 291 Å². The van der Waals surface area contributed by atoms with E-state index in [4.69, 9.17) is 18.9 Å². The predicted octanol–water partition coefficient (Wildman–Crippen LogP) is 9.89. The Morgan fingerprint density at radius 2 is 0.980 bits per heavy atom. The number of ether oxygens (including phenoxy) is 4. The van der Waals surface area contributed by atoms with Crippen LogP contribution >= 0.6 is 0 Å². The number of rotatable bonds is 8. The quantitative estimate of drug-likeness (QED) is 0.0918. The third-order valence-corrected chi connectivity index (χ3v) is 9.54. The van der Waals surface area contributed by atoms with Gasteiger partial charge in [0.15, 0.2) is 0 Å². The molecule has 0 N–H and O–H groups in total. The van der Waals surface area contributed by atoms with E-state index in [1.165, 1.54) is 6.92 Å². The van der Waals surface area contributed by atoms with Gasteiger partial charge in [0.2, 0.25) is 0 Å². The molecule has 0 bridgehead atoms. The van der Waals surface area contributed by atoms with E-state index in [0.29, 0.717) is 17.2 Å². The van der Waals surface area contributed by atoms with Gasteiger partial charge in [0.25, 0.3) is 0 Å². The molecule has 0 radical (unpaired) electrons. The Kier molecular flexibility index (Phi) is 8.46. The largest absolute Gasteiger partial charge is 0.519 e. The molecule has 0 fully saturated rings. The van der Waals surface area contributed by atoms with E-state index in [1.54, 1.807) is 37.4 Å². The minimum Gasteiger partial charge on any atom is -0.497 e. The summed E-state index contributed by atoms with van der Waals surface area (Å²) in [6, 6.07) is 47.5. The number of esters is 1. The lowest BCUT2D eigenvalue weighted by Gasteiger charge is -2.34. The Hall–Kier alpha value is -6.14. The van der Waals surface area contributed by atoms with Crippen LogP contribution in [0.3, 0.4) is 0 Å². The highest BCUT2D eigenvalue weighted by atomic mass is 16.7.